The third kappa shape index (κ3) is 3.44. The molecule has 0 aromatic rings. The van der Waals surface area contributed by atoms with Crippen LogP contribution >= 0.6 is 0 Å². The Kier molecular flexibility index (Phi) is 4.48. The van der Waals surface area contributed by atoms with Gasteiger partial charge in [-0.05, 0) is 26.2 Å². The fourth-order valence-corrected chi connectivity index (χ4v) is 2.06. The van der Waals surface area contributed by atoms with Crippen molar-refractivity contribution in [3.05, 3.63) is 0 Å². The summed E-state index contributed by atoms with van der Waals surface area (Å²) in [6.45, 7) is 1.60. The van der Waals surface area contributed by atoms with Gasteiger partial charge in [-0.3, -0.25) is 14.4 Å². The number of likely N-dealkylation sites (N-methyl/N-ethyl adjacent to an activating group) is 1. The molecular formula is C11H18N2O4. The quantitative estimate of drug-likeness (QED) is 0.632. The van der Waals surface area contributed by atoms with Gasteiger partial charge in [-0.25, -0.2) is 0 Å². The highest BCUT2D eigenvalue weighted by Gasteiger charge is 2.34. The first-order valence-corrected chi connectivity index (χ1v) is 5.70. The Balaban J connectivity index is 2.45. The largest absolute Gasteiger partial charge is 0.481 e. The number of aliphatic carboxylic acids is 1. The molecule has 0 aromatic heterocycles. The van der Waals surface area contributed by atoms with E-state index in [0.717, 1.165) is 0 Å². The lowest BCUT2D eigenvalue weighted by molar-refractivity contribution is -0.141. The number of carboxylic acid groups (broad SMARTS) is 1. The van der Waals surface area contributed by atoms with Crippen molar-refractivity contribution in [2.24, 2.45) is 11.8 Å². The summed E-state index contributed by atoms with van der Waals surface area (Å²) in [4.78, 5) is 33.7. The molecule has 6 heteroatoms. The van der Waals surface area contributed by atoms with E-state index >= 15 is 0 Å². The highest BCUT2D eigenvalue weighted by Crippen LogP contribution is 2.31. The summed E-state index contributed by atoms with van der Waals surface area (Å²) in [5.41, 5.74) is 0. The van der Waals surface area contributed by atoms with Crippen molar-refractivity contribution in [1.82, 2.24) is 10.6 Å². The maximum atomic E-state index is 11.8. The van der Waals surface area contributed by atoms with Crippen molar-refractivity contribution in [1.29, 1.82) is 0 Å². The van der Waals surface area contributed by atoms with Crippen LogP contribution in [0.15, 0.2) is 0 Å². The lowest BCUT2D eigenvalue weighted by atomic mass is 10.0. The number of rotatable bonds is 4. The molecule has 96 valence electrons. The maximum absolute atomic E-state index is 11.8. The molecule has 0 spiro atoms. The molecule has 1 aliphatic rings. The molecule has 2 amide bonds. The van der Waals surface area contributed by atoms with Crippen LogP contribution < -0.4 is 10.6 Å². The zero-order valence-electron chi connectivity index (χ0n) is 10.0. The number of carbonyl (C=O) groups is 3. The van der Waals surface area contributed by atoms with E-state index in [1.54, 1.807) is 6.92 Å². The Morgan fingerprint density at radius 3 is 2.29 bits per heavy atom. The molecule has 1 saturated carbocycles. The van der Waals surface area contributed by atoms with Crippen LogP contribution in [-0.4, -0.2) is 36.0 Å². The van der Waals surface area contributed by atoms with Gasteiger partial charge in [0.1, 0.15) is 6.04 Å². The summed E-state index contributed by atoms with van der Waals surface area (Å²) < 4.78 is 0. The summed E-state index contributed by atoms with van der Waals surface area (Å²) in [6.07, 6.45) is 1.46. The molecule has 0 saturated heterocycles. The average Bonchev–Trinajstić information content (AvgIpc) is 2.77. The van der Waals surface area contributed by atoms with Crippen LogP contribution in [0, 0.1) is 11.8 Å². The van der Waals surface area contributed by atoms with Gasteiger partial charge in [0.25, 0.3) is 0 Å². The molecule has 1 fully saturated rings. The van der Waals surface area contributed by atoms with Gasteiger partial charge in [-0.2, -0.15) is 0 Å². The number of nitrogens with one attached hydrogen (secondary N) is 2. The molecule has 0 radical (unpaired) electrons. The SMILES string of the molecule is CNC(=O)C(C)NC(=O)C1CCC(C(=O)O)C1. The molecule has 17 heavy (non-hydrogen) atoms. The van der Waals surface area contributed by atoms with Crippen molar-refractivity contribution < 1.29 is 19.5 Å². The Labute approximate surface area is 99.8 Å². The molecule has 3 unspecified atom stereocenters. The summed E-state index contributed by atoms with van der Waals surface area (Å²) in [7, 11) is 1.50. The molecular weight excluding hydrogens is 224 g/mol. The Hall–Kier alpha value is -1.59. The Bertz CT molecular complexity index is 329. The van der Waals surface area contributed by atoms with Crippen molar-refractivity contribution in [2.45, 2.75) is 32.2 Å². The molecule has 0 bridgehead atoms. The number of carboxylic acids is 1. The minimum absolute atomic E-state index is 0.232. The first-order valence-electron chi connectivity index (χ1n) is 5.70. The third-order valence-corrected chi connectivity index (χ3v) is 3.15. The van der Waals surface area contributed by atoms with Crippen molar-refractivity contribution >= 4 is 17.8 Å². The van der Waals surface area contributed by atoms with Gasteiger partial charge in [-0.15, -0.1) is 0 Å². The smallest absolute Gasteiger partial charge is 0.306 e. The van der Waals surface area contributed by atoms with Gasteiger partial charge in [0.15, 0.2) is 0 Å². The minimum Gasteiger partial charge on any atom is -0.481 e. The zero-order chi connectivity index (χ0) is 13.0. The standard InChI is InChI=1S/C11H18N2O4/c1-6(9(14)12-2)13-10(15)7-3-4-8(5-7)11(16)17/h6-8H,3-5H2,1-2H3,(H,12,14)(H,13,15)(H,16,17). The van der Waals surface area contributed by atoms with Crippen LogP contribution in [0.4, 0.5) is 0 Å². The number of carbonyl (C=O) groups excluding carboxylic acids is 2. The second kappa shape index (κ2) is 5.65. The summed E-state index contributed by atoms with van der Waals surface area (Å²) >= 11 is 0. The van der Waals surface area contributed by atoms with Gasteiger partial charge in [0, 0.05) is 13.0 Å². The molecule has 1 aliphatic carbocycles. The molecule has 0 aromatic carbocycles. The average molecular weight is 242 g/mol. The van der Waals surface area contributed by atoms with Crippen LogP contribution in [0.2, 0.25) is 0 Å². The normalized spacial score (nSPS) is 25.1. The number of hydrogen-bond donors (Lipinski definition) is 3. The van der Waals surface area contributed by atoms with E-state index in [4.69, 9.17) is 5.11 Å². The molecule has 1 rings (SSSR count). The predicted molar refractivity (Wildman–Crippen MR) is 60.1 cm³/mol. The molecule has 6 nitrogen and oxygen atoms in total. The number of hydrogen-bond acceptors (Lipinski definition) is 3. The second-order valence-corrected chi connectivity index (χ2v) is 4.39. The van der Waals surface area contributed by atoms with Crippen LogP contribution in [0.25, 0.3) is 0 Å². The number of amides is 2. The van der Waals surface area contributed by atoms with Gasteiger partial charge < -0.3 is 15.7 Å². The van der Waals surface area contributed by atoms with E-state index in [9.17, 15) is 14.4 Å². The highest BCUT2D eigenvalue weighted by molar-refractivity contribution is 5.88. The van der Waals surface area contributed by atoms with E-state index in [0.29, 0.717) is 19.3 Å². The van der Waals surface area contributed by atoms with Gasteiger partial charge >= 0.3 is 5.97 Å². The summed E-state index contributed by atoms with van der Waals surface area (Å²) in [5.74, 6) is -2.06. The third-order valence-electron chi connectivity index (χ3n) is 3.15. The Morgan fingerprint density at radius 2 is 1.82 bits per heavy atom. The maximum Gasteiger partial charge on any atom is 0.306 e. The monoisotopic (exact) mass is 242 g/mol. The lowest BCUT2D eigenvalue weighted by Gasteiger charge is -2.15. The van der Waals surface area contributed by atoms with Crippen molar-refractivity contribution in [2.75, 3.05) is 7.05 Å². The molecule has 3 N–H and O–H groups in total. The van der Waals surface area contributed by atoms with E-state index in [2.05, 4.69) is 10.6 Å². The minimum atomic E-state index is -0.848. The fourth-order valence-electron chi connectivity index (χ4n) is 2.06. The van der Waals surface area contributed by atoms with Crippen LogP contribution in [-0.2, 0) is 14.4 Å². The van der Waals surface area contributed by atoms with Crippen LogP contribution in [0.5, 0.6) is 0 Å². The first kappa shape index (κ1) is 13.5. The predicted octanol–water partition coefficient (Wildman–Crippen LogP) is -0.262. The van der Waals surface area contributed by atoms with Gasteiger partial charge in [0.05, 0.1) is 5.92 Å². The molecule has 0 heterocycles. The summed E-state index contributed by atoms with van der Waals surface area (Å²) in [5, 5.41) is 13.9. The fraction of sp³-hybridized carbons (Fsp3) is 0.727. The second-order valence-electron chi connectivity index (χ2n) is 4.39. The van der Waals surface area contributed by atoms with E-state index in [1.165, 1.54) is 7.05 Å². The zero-order valence-corrected chi connectivity index (χ0v) is 10.0. The molecule has 0 aliphatic heterocycles. The van der Waals surface area contributed by atoms with E-state index < -0.39 is 17.9 Å². The Morgan fingerprint density at radius 1 is 1.24 bits per heavy atom. The molecule has 3 atom stereocenters. The van der Waals surface area contributed by atoms with Crippen LogP contribution in [0.1, 0.15) is 26.2 Å². The topological polar surface area (TPSA) is 95.5 Å². The first-order chi connectivity index (χ1) is 7.95. The van der Waals surface area contributed by atoms with Gasteiger partial charge in [0.2, 0.25) is 11.8 Å². The highest BCUT2D eigenvalue weighted by atomic mass is 16.4. The lowest BCUT2D eigenvalue weighted by Crippen LogP contribution is -2.45. The van der Waals surface area contributed by atoms with Crippen molar-refractivity contribution in [3.63, 3.8) is 0 Å². The van der Waals surface area contributed by atoms with E-state index in [-0.39, 0.29) is 17.7 Å². The van der Waals surface area contributed by atoms with E-state index in [1.807, 2.05) is 0 Å². The summed E-state index contributed by atoms with van der Waals surface area (Å²) in [6, 6.07) is -0.587. The van der Waals surface area contributed by atoms with Crippen molar-refractivity contribution in [3.8, 4) is 0 Å². The van der Waals surface area contributed by atoms with Crippen LogP contribution in [0.3, 0.4) is 0 Å². The van der Waals surface area contributed by atoms with Gasteiger partial charge in [-0.1, -0.05) is 0 Å².